The molecule has 1 amide bonds. The van der Waals surface area contributed by atoms with E-state index in [9.17, 15) is 14.7 Å². The Morgan fingerprint density at radius 2 is 1.88 bits per heavy atom. The number of carbonyl (C=O) groups excluding carboxylic acids is 2. The van der Waals surface area contributed by atoms with Crippen molar-refractivity contribution in [3.8, 4) is 5.75 Å². The van der Waals surface area contributed by atoms with Crippen LogP contribution >= 0.6 is 11.6 Å². The number of fused-ring (bicyclic) bond motifs is 1. The first-order valence-corrected chi connectivity index (χ1v) is 12.1. The number of aliphatic hydroxyl groups excluding tert-OH is 1. The molecule has 1 atom stereocenters. The minimum Gasteiger partial charge on any atom is -0.503 e. The Bertz CT molecular complexity index is 1270. The monoisotopic (exact) mass is 479 g/mol. The van der Waals surface area contributed by atoms with Gasteiger partial charge >= 0.3 is 0 Å². The molecule has 34 heavy (non-hydrogen) atoms. The standard InChI is InChI=1S/C27H26ClNO5/c1-2-13-33-20-10-7-16(8-11-20)24-23(26(31)27(32)29(24)19-5-3-4-6-19)25(30)22-15-17-14-18(28)9-12-21(17)34-22/h7-12,14-15,19,24,31H,2-6,13H2,1H3. The second-order valence-electron chi connectivity index (χ2n) is 8.85. The van der Waals surface area contributed by atoms with Crippen LogP contribution in [0.2, 0.25) is 5.02 Å². The van der Waals surface area contributed by atoms with Crippen LogP contribution < -0.4 is 4.74 Å². The zero-order valence-corrected chi connectivity index (χ0v) is 19.7. The zero-order chi connectivity index (χ0) is 23.8. The van der Waals surface area contributed by atoms with Crippen LogP contribution in [0.15, 0.2) is 64.3 Å². The van der Waals surface area contributed by atoms with E-state index in [0.29, 0.717) is 22.6 Å². The van der Waals surface area contributed by atoms with Crippen molar-refractivity contribution in [2.75, 3.05) is 6.61 Å². The van der Waals surface area contributed by atoms with E-state index in [1.165, 1.54) is 0 Å². The lowest BCUT2D eigenvalue weighted by molar-refractivity contribution is -0.131. The SMILES string of the molecule is CCCOc1ccc(C2C(C(=O)c3cc4cc(Cl)ccc4o3)=C(O)C(=O)N2C2CCCC2)cc1. The Morgan fingerprint density at radius 1 is 1.15 bits per heavy atom. The van der Waals surface area contributed by atoms with E-state index in [1.54, 1.807) is 29.2 Å². The molecule has 2 aliphatic rings. The normalized spacial score (nSPS) is 18.9. The molecule has 0 radical (unpaired) electrons. The van der Waals surface area contributed by atoms with Crippen molar-refractivity contribution in [1.82, 2.24) is 4.90 Å². The lowest BCUT2D eigenvalue weighted by atomic mass is 9.94. The van der Waals surface area contributed by atoms with E-state index in [0.717, 1.165) is 43.4 Å². The number of aliphatic hydroxyl groups is 1. The lowest BCUT2D eigenvalue weighted by Crippen LogP contribution is -2.38. The summed E-state index contributed by atoms with van der Waals surface area (Å²) in [4.78, 5) is 28.6. The van der Waals surface area contributed by atoms with Gasteiger partial charge in [-0.25, -0.2) is 0 Å². The summed E-state index contributed by atoms with van der Waals surface area (Å²) < 4.78 is 11.5. The number of amides is 1. The van der Waals surface area contributed by atoms with E-state index >= 15 is 0 Å². The van der Waals surface area contributed by atoms with Gasteiger partial charge in [0.1, 0.15) is 11.3 Å². The van der Waals surface area contributed by atoms with E-state index < -0.39 is 23.5 Å². The maximum absolute atomic E-state index is 13.7. The molecule has 0 bridgehead atoms. The number of hydrogen-bond donors (Lipinski definition) is 1. The molecule has 1 N–H and O–H groups in total. The maximum Gasteiger partial charge on any atom is 0.290 e. The number of furan rings is 1. The summed E-state index contributed by atoms with van der Waals surface area (Å²) in [6.07, 6.45) is 4.61. The number of rotatable bonds is 7. The fourth-order valence-corrected chi connectivity index (χ4v) is 5.15. The van der Waals surface area contributed by atoms with Crippen LogP contribution in [0.5, 0.6) is 5.75 Å². The van der Waals surface area contributed by atoms with Gasteiger partial charge in [-0.1, -0.05) is 43.5 Å². The molecular formula is C27H26ClNO5. The van der Waals surface area contributed by atoms with E-state index in [2.05, 4.69) is 0 Å². The first-order valence-electron chi connectivity index (χ1n) is 11.7. The summed E-state index contributed by atoms with van der Waals surface area (Å²) in [5.74, 6) is -0.738. The average molecular weight is 480 g/mol. The van der Waals surface area contributed by atoms with E-state index in [4.69, 9.17) is 20.8 Å². The molecule has 2 heterocycles. The number of benzene rings is 2. The first-order chi connectivity index (χ1) is 16.5. The van der Waals surface area contributed by atoms with Gasteiger partial charge in [0.25, 0.3) is 5.91 Å². The van der Waals surface area contributed by atoms with Crippen molar-refractivity contribution in [1.29, 1.82) is 0 Å². The van der Waals surface area contributed by atoms with Gasteiger partial charge < -0.3 is 19.2 Å². The van der Waals surface area contributed by atoms with Gasteiger partial charge in [0.15, 0.2) is 11.5 Å². The molecule has 3 aromatic rings. The summed E-state index contributed by atoms with van der Waals surface area (Å²) in [6, 6.07) is 13.4. The van der Waals surface area contributed by atoms with Gasteiger partial charge in [-0.2, -0.15) is 0 Å². The predicted octanol–water partition coefficient (Wildman–Crippen LogP) is 6.40. The van der Waals surface area contributed by atoms with Crippen molar-refractivity contribution in [2.45, 2.75) is 51.1 Å². The van der Waals surface area contributed by atoms with Gasteiger partial charge in [0.2, 0.25) is 5.78 Å². The Balaban J connectivity index is 1.56. The molecule has 1 aliphatic carbocycles. The quantitative estimate of drug-likeness (QED) is 0.397. The third-order valence-corrected chi connectivity index (χ3v) is 6.81. The fraction of sp³-hybridized carbons (Fsp3) is 0.333. The Labute approximate surface area is 202 Å². The Kier molecular flexibility index (Phi) is 6.09. The molecule has 1 fully saturated rings. The number of carbonyl (C=O) groups is 2. The number of Topliss-reactive ketones (excluding diaryl/α,β-unsaturated/α-hetero) is 1. The summed E-state index contributed by atoms with van der Waals surface area (Å²) in [7, 11) is 0. The molecule has 5 rings (SSSR count). The number of ketones is 1. The van der Waals surface area contributed by atoms with Gasteiger partial charge in [-0.15, -0.1) is 0 Å². The van der Waals surface area contributed by atoms with Crippen LogP contribution in [0, 0.1) is 0 Å². The molecule has 1 unspecified atom stereocenters. The van der Waals surface area contributed by atoms with E-state index in [-0.39, 0.29) is 17.4 Å². The van der Waals surface area contributed by atoms with Crippen molar-refractivity contribution >= 4 is 34.3 Å². The van der Waals surface area contributed by atoms with Crippen LogP contribution in [0.1, 0.15) is 61.2 Å². The van der Waals surface area contributed by atoms with Gasteiger partial charge in [0.05, 0.1) is 18.2 Å². The highest BCUT2D eigenvalue weighted by Crippen LogP contribution is 2.44. The molecule has 1 saturated carbocycles. The van der Waals surface area contributed by atoms with Crippen molar-refractivity contribution in [3.63, 3.8) is 0 Å². The Morgan fingerprint density at radius 3 is 2.59 bits per heavy atom. The fourth-order valence-electron chi connectivity index (χ4n) is 4.97. The van der Waals surface area contributed by atoms with Gasteiger partial charge in [0, 0.05) is 16.5 Å². The molecule has 2 aromatic carbocycles. The second kappa shape index (κ2) is 9.18. The van der Waals surface area contributed by atoms with Crippen molar-refractivity contribution in [2.24, 2.45) is 0 Å². The number of nitrogens with zero attached hydrogens (tertiary/aromatic N) is 1. The van der Waals surface area contributed by atoms with E-state index in [1.807, 2.05) is 31.2 Å². The number of hydrogen-bond acceptors (Lipinski definition) is 5. The predicted molar refractivity (Wildman–Crippen MR) is 129 cm³/mol. The smallest absolute Gasteiger partial charge is 0.290 e. The topological polar surface area (TPSA) is 80.0 Å². The maximum atomic E-state index is 13.7. The molecule has 1 aliphatic heterocycles. The lowest BCUT2D eigenvalue weighted by Gasteiger charge is -2.32. The molecule has 176 valence electrons. The third-order valence-electron chi connectivity index (χ3n) is 6.58. The highest BCUT2D eigenvalue weighted by atomic mass is 35.5. The Hall–Kier alpha value is -3.25. The second-order valence-corrected chi connectivity index (χ2v) is 9.29. The molecule has 7 heteroatoms. The van der Waals surface area contributed by atoms with Crippen LogP contribution in [-0.4, -0.2) is 34.3 Å². The molecule has 1 aromatic heterocycles. The summed E-state index contributed by atoms with van der Waals surface area (Å²) in [6.45, 7) is 2.64. The zero-order valence-electron chi connectivity index (χ0n) is 18.9. The minimum atomic E-state index is -0.694. The number of halogens is 1. The van der Waals surface area contributed by atoms with Crippen LogP contribution in [0.4, 0.5) is 0 Å². The van der Waals surface area contributed by atoms with Crippen LogP contribution in [0.3, 0.4) is 0 Å². The minimum absolute atomic E-state index is 0.0320. The number of ether oxygens (including phenoxy) is 1. The molecular weight excluding hydrogens is 454 g/mol. The summed E-state index contributed by atoms with van der Waals surface area (Å²) in [5.41, 5.74) is 1.30. The highest BCUT2D eigenvalue weighted by Gasteiger charge is 2.47. The van der Waals surface area contributed by atoms with Gasteiger partial charge in [-0.05, 0) is 61.2 Å². The van der Waals surface area contributed by atoms with Crippen molar-refractivity contribution < 1.29 is 23.8 Å². The van der Waals surface area contributed by atoms with Gasteiger partial charge in [-0.3, -0.25) is 9.59 Å². The largest absolute Gasteiger partial charge is 0.503 e. The highest BCUT2D eigenvalue weighted by molar-refractivity contribution is 6.31. The van der Waals surface area contributed by atoms with Crippen LogP contribution in [0.25, 0.3) is 11.0 Å². The summed E-state index contributed by atoms with van der Waals surface area (Å²) in [5, 5.41) is 12.1. The third kappa shape index (κ3) is 3.96. The average Bonchev–Trinajstić information content (AvgIpc) is 3.56. The molecule has 6 nitrogen and oxygen atoms in total. The van der Waals surface area contributed by atoms with Crippen molar-refractivity contribution in [3.05, 3.63) is 76.2 Å². The first kappa shape index (κ1) is 22.5. The molecule has 0 saturated heterocycles. The molecule has 0 spiro atoms. The van der Waals surface area contributed by atoms with Crippen LogP contribution in [-0.2, 0) is 4.79 Å². The summed E-state index contributed by atoms with van der Waals surface area (Å²) >= 11 is 6.08.